The smallest absolute Gasteiger partial charge is 0.0728 e. The van der Waals surface area contributed by atoms with Crippen LogP contribution in [0.5, 0.6) is 0 Å². The molecule has 1 fully saturated rings. The lowest BCUT2D eigenvalue weighted by atomic mass is 10.2. The summed E-state index contributed by atoms with van der Waals surface area (Å²) in [6, 6.07) is 0. The molecule has 2 unspecified atom stereocenters. The summed E-state index contributed by atoms with van der Waals surface area (Å²) < 4.78 is 1.83. The van der Waals surface area contributed by atoms with Gasteiger partial charge >= 0.3 is 0 Å². The molecule has 4 nitrogen and oxygen atoms in total. The lowest BCUT2D eigenvalue weighted by Gasteiger charge is -1.96. The van der Waals surface area contributed by atoms with Gasteiger partial charge in [-0.15, -0.1) is 5.10 Å². The topological polar surface area (TPSA) is 56.7 Å². The highest BCUT2D eigenvalue weighted by Crippen LogP contribution is 2.45. The van der Waals surface area contributed by atoms with Crippen molar-refractivity contribution in [3.63, 3.8) is 0 Å². The van der Waals surface area contributed by atoms with E-state index in [1.807, 2.05) is 17.9 Å². The van der Waals surface area contributed by atoms with Crippen LogP contribution in [0.1, 0.15) is 18.0 Å². The number of nitrogens with zero attached hydrogens (tertiary/aromatic N) is 3. The number of aromatic nitrogens is 3. The molecule has 0 amide bonds. The largest absolute Gasteiger partial charge is 0.330 e. The molecular weight excluding hydrogens is 140 g/mol. The molecule has 1 aromatic rings. The zero-order valence-corrected chi connectivity index (χ0v) is 6.57. The van der Waals surface area contributed by atoms with Gasteiger partial charge in [0.1, 0.15) is 0 Å². The van der Waals surface area contributed by atoms with Gasteiger partial charge in [0.05, 0.1) is 11.9 Å². The standard InChI is InChI=1S/C7H12N4/c1-11-7(4-9-10-11)6-2-5(6)3-8/h4-6H,2-3,8H2,1H3. The summed E-state index contributed by atoms with van der Waals surface area (Å²) in [5.74, 6) is 1.30. The van der Waals surface area contributed by atoms with Crippen molar-refractivity contribution in [3.8, 4) is 0 Å². The molecule has 60 valence electrons. The molecule has 11 heavy (non-hydrogen) atoms. The first-order valence-corrected chi connectivity index (χ1v) is 3.87. The van der Waals surface area contributed by atoms with E-state index in [-0.39, 0.29) is 0 Å². The van der Waals surface area contributed by atoms with E-state index in [9.17, 15) is 0 Å². The number of hydrogen-bond donors (Lipinski definition) is 1. The number of hydrogen-bond acceptors (Lipinski definition) is 3. The molecule has 4 heteroatoms. The Morgan fingerprint density at radius 3 is 3.09 bits per heavy atom. The minimum Gasteiger partial charge on any atom is -0.330 e. The molecule has 0 bridgehead atoms. The lowest BCUT2D eigenvalue weighted by Crippen LogP contribution is -2.04. The zero-order chi connectivity index (χ0) is 7.84. The average molecular weight is 152 g/mol. The molecular formula is C7H12N4. The Morgan fingerprint density at radius 2 is 2.64 bits per heavy atom. The second-order valence-electron chi connectivity index (χ2n) is 3.12. The van der Waals surface area contributed by atoms with Gasteiger partial charge in [-0.05, 0) is 18.9 Å². The van der Waals surface area contributed by atoms with Crippen LogP contribution in [0.4, 0.5) is 0 Å². The van der Waals surface area contributed by atoms with Crippen molar-refractivity contribution in [2.75, 3.05) is 6.54 Å². The third kappa shape index (κ3) is 1.03. The number of rotatable bonds is 2. The van der Waals surface area contributed by atoms with E-state index >= 15 is 0 Å². The predicted molar refractivity (Wildman–Crippen MR) is 40.9 cm³/mol. The Balaban J connectivity index is 2.14. The molecule has 1 aromatic heterocycles. The molecule has 1 aliphatic carbocycles. The van der Waals surface area contributed by atoms with E-state index in [0.717, 1.165) is 6.54 Å². The van der Waals surface area contributed by atoms with Crippen LogP contribution < -0.4 is 5.73 Å². The van der Waals surface area contributed by atoms with Crippen molar-refractivity contribution in [1.29, 1.82) is 0 Å². The monoisotopic (exact) mass is 152 g/mol. The SMILES string of the molecule is Cn1nncc1C1CC1CN. The molecule has 2 atom stereocenters. The maximum absolute atomic E-state index is 5.53. The van der Waals surface area contributed by atoms with Gasteiger partial charge in [0, 0.05) is 13.0 Å². The van der Waals surface area contributed by atoms with Gasteiger partial charge in [0.25, 0.3) is 0 Å². The lowest BCUT2D eigenvalue weighted by molar-refractivity contribution is 0.664. The highest BCUT2D eigenvalue weighted by atomic mass is 15.4. The minimum absolute atomic E-state index is 0.625. The normalized spacial score (nSPS) is 28.9. The molecule has 0 radical (unpaired) electrons. The summed E-state index contributed by atoms with van der Waals surface area (Å²) in [6.45, 7) is 0.788. The second-order valence-corrected chi connectivity index (χ2v) is 3.12. The van der Waals surface area contributed by atoms with Gasteiger partial charge in [0.15, 0.2) is 0 Å². The molecule has 0 spiro atoms. The summed E-state index contributed by atoms with van der Waals surface area (Å²) in [5.41, 5.74) is 6.75. The summed E-state index contributed by atoms with van der Waals surface area (Å²) in [6.07, 6.45) is 3.04. The van der Waals surface area contributed by atoms with Crippen LogP contribution in [0.2, 0.25) is 0 Å². The van der Waals surface area contributed by atoms with Crippen molar-refractivity contribution in [2.45, 2.75) is 12.3 Å². The van der Waals surface area contributed by atoms with E-state index in [1.54, 1.807) is 0 Å². The maximum Gasteiger partial charge on any atom is 0.0728 e. The van der Waals surface area contributed by atoms with Crippen molar-refractivity contribution < 1.29 is 0 Å². The molecule has 2 rings (SSSR count). The number of aryl methyl sites for hydroxylation is 1. The predicted octanol–water partition coefficient (Wildman–Crippen LogP) is -0.123. The van der Waals surface area contributed by atoms with Crippen molar-refractivity contribution in [2.24, 2.45) is 18.7 Å². The Morgan fingerprint density at radius 1 is 1.82 bits per heavy atom. The Bertz CT molecular complexity index is 255. The fourth-order valence-corrected chi connectivity index (χ4v) is 1.50. The summed E-state index contributed by atoms with van der Waals surface area (Å²) >= 11 is 0. The molecule has 0 saturated heterocycles. The van der Waals surface area contributed by atoms with E-state index in [0.29, 0.717) is 11.8 Å². The first kappa shape index (κ1) is 6.79. The molecule has 0 aliphatic heterocycles. The van der Waals surface area contributed by atoms with E-state index in [2.05, 4.69) is 10.3 Å². The van der Waals surface area contributed by atoms with Gasteiger partial charge in [-0.25, -0.2) is 0 Å². The van der Waals surface area contributed by atoms with Crippen LogP contribution in [0, 0.1) is 5.92 Å². The van der Waals surface area contributed by atoms with Crippen LogP contribution in [-0.4, -0.2) is 21.5 Å². The van der Waals surface area contributed by atoms with E-state index < -0.39 is 0 Å². The van der Waals surface area contributed by atoms with Crippen molar-refractivity contribution in [1.82, 2.24) is 15.0 Å². The highest BCUT2D eigenvalue weighted by Gasteiger charge is 2.39. The van der Waals surface area contributed by atoms with Gasteiger partial charge in [-0.1, -0.05) is 5.21 Å². The van der Waals surface area contributed by atoms with Crippen LogP contribution in [0.15, 0.2) is 6.20 Å². The summed E-state index contributed by atoms with van der Waals surface area (Å²) in [5, 5.41) is 7.70. The Kier molecular flexibility index (Phi) is 1.42. The molecule has 1 heterocycles. The molecule has 0 aromatic carbocycles. The fourth-order valence-electron chi connectivity index (χ4n) is 1.50. The quantitative estimate of drug-likeness (QED) is 0.642. The number of nitrogens with two attached hydrogens (primary N) is 1. The maximum atomic E-state index is 5.53. The zero-order valence-electron chi connectivity index (χ0n) is 6.57. The fraction of sp³-hybridized carbons (Fsp3) is 0.714. The Hall–Kier alpha value is -0.900. The average Bonchev–Trinajstić information content (AvgIpc) is 2.68. The van der Waals surface area contributed by atoms with Gasteiger partial charge in [0.2, 0.25) is 0 Å². The third-order valence-electron chi connectivity index (χ3n) is 2.35. The first-order chi connectivity index (χ1) is 5.33. The van der Waals surface area contributed by atoms with Crippen LogP contribution >= 0.6 is 0 Å². The van der Waals surface area contributed by atoms with E-state index in [4.69, 9.17) is 5.73 Å². The minimum atomic E-state index is 0.625. The van der Waals surface area contributed by atoms with Gasteiger partial charge in [-0.2, -0.15) is 0 Å². The van der Waals surface area contributed by atoms with Gasteiger partial charge in [-0.3, -0.25) is 4.68 Å². The summed E-state index contributed by atoms with van der Waals surface area (Å²) in [7, 11) is 1.92. The van der Waals surface area contributed by atoms with Crippen LogP contribution in [-0.2, 0) is 7.05 Å². The highest BCUT2D eigenvalue weighted by molar-refractivity contribution is 5.14. The van der Waals surface area contributed by atoms with E-state index in [1.165, 1.54) is 12.1 Å². The summed E-state index contributed by atoms with van der Waals surface area (Å²) in [4.78, 5) is 0. The van der Waals surface area contributed by atoms with Crippen molar-refractivity contribution in [3.05, 3.63) is 11.9 Å². The third-order valence-corrected chi connectivity index (χ3v) is 2.35. The molecule has 2 N–H and O–H groups in total. The van der Waals surface area contributed by atoms with Gasteiger partial charge < -0.3 is 5.73 Å². The second kappa shape index (κ2) is 2.30. The van der Waals surface area contributed by atoms with Crippen LogP contribution in [0.25, 0.3) is 0 Å². The first-order valence-electron chi connectivity index (χ1n) is 3.87. The molecule has 1 aliphatic rings. The van der Waals surface area contributed by atoms with Crippen LogP contribution in [0.3, 0.4) is 0 Å². The molecule has 1 saturated carbocycles. The Labute approximate surface area is 65.4 Å². The van der Waals surface area contributed by atoms with Crippen molar-refractivity contribution >= 4 is 0 Å².